The van der Waals surface area contributed by atoms with Gasteiger partial charge in [0, 0.05) is 0 Å². The summed E-state index contributed by atoms with van der Waals surface area (Å²) in [4.78, 5) is -0.0534. The minimum Gasteiger partial charge on any atom is -0.397 e. The van der Waals surface area contributed by atoms with Crippen LogP contribution in [-0.2, 0) is 10.0 Å². The van der Waals surface area contributed by atoms with Crippen LogP contribution in [-0.4, -0.2) is 8.42 Å². The number of benzene rings is 2. The van der Waals surface area contributed by atoms with Gasteiger partial charge in [-0.25, -0.2) is 12.8 Å². The summed E-state index contributed by atoms with van der Waals surface area (Å²) in [6.07, 6.45) is 0. The molecule has 2 rings (SSSR count). The highest BCUT2D eigenvalue weighted by Gasteiger charge is 2.18. The zero-order chi connectivity index (χ0) is 15.8. The maximum atomic E-state index is 13.0. The summed E-state index contributed by atoms with van der Waals surface area (Å²) in [5.41, 5.74) is 6.42. The van der Waals surface area contributed by atoms with Crippen LogP contribution >= 0.6 is 23.2 Å². The largest absolute Gasteiger partial charge is 0.397 e. The summed E-state index contributed by atoms with van der Waals surface area (Å²) in [7, 11) is -3.91. The van der Waals surface area contributed by atoms with E-state index in [4.69, 9.17) is 28.9 Å². The number of hydrogen-bond donors (Lipinski definition) is 2. The lowest BCUT2D eigenvalue weighted by molar-refractivity contribution is 0.601. The van der Waals surface area contributed by atoms with Crippen molar-refractivity contribution in [3.05, 3.63) is 51.8 Å². The molecule has 0 bridgehead atoms. The Kier molecular flexibility index (Phi) is 4.32. The summed E-state index contributed by atoms with van der Waals surface area (Å²) in [6, 6.07) is 5.99. The quantitative estimate of drug-likeness (QED) is 0.828. The number of nitrogens with two attached hydrogens (primary N) is 1. The lowest BCUT2D eigenvalue weighted by atomic mass is 10.2. The van der Waals surface area contributed by atoms with Crippen molar-refractivity contribution in [3.8, 4) is 0 Å². The van der Waals surface area contributed by atoms with Gasteiger partial charge in [-0.2, -0.15) is 0 Å². The summed E-state index contributed by atoms with van der Waals surface area (Å²) < 4.78 is 39.8. The number of halogens is 3. The van der Waals surface area contributed by atoms with E-state index in [1.54, 1.807) is 6.92 Å². The average molecular weight is 349 g/mol. The van der Waals surface area contributed by atoms with Crippen LogP contribution in [0.2, 0.25) is 10.0 Å². The Morgan fingerprint density at radius 3 is 2.43 bits per heavy atom. The predicted molar refractivity (Wildman–Crippen MR) is 82.8 cm³/mol. The highest BCUT2D eigenvalue weighted by molar-refractivity contribution is 7.92. The smallest absolute Gasteiger partial charge is 0.262 e. The van der Waals surface area contributed by atoms with E-state index < -0.39 is 15.8 Å². The van der Waals surface area contributed by atoms with Gasteiger partial charge in [-0.15, -0.1) is 0 Å². The Morgan fingerprint density at radius 1 is 1.19 bits per heavy atom. The van der Waals surface area contributed by atoms with E-state index in [0.717, 1.165) is 12.1 Å². The lowest BCUT2D eigenvalue weighted by Crippen LogP contribution is -2.14. The van der Waals surface area contributed by atoms with Crippen LogP contribution in [0.25, 0.3) is 0 Å². The van der Waals surface area contributed by atoms with Crippen LogP contribution in [0.15, 0.2) is 35.2 Å². The van der Waals surface area contributed by atoms with Gasteiger partial charge < -0.3 is 5.73 Å². The van der Waals surface area contributed by atoms with Crippen molar-refractivity contribution in [3.63, 3.8) is 0 Å². The van der Waals surface area contributed by atoms with Crippen molar-refractivity contribution in [2.24, 2.45) is 0 Å². The van der Waals surface area contributed by atoms with Gasteiger partial charge in [0.25, 0.3) is 10.0 Å². The van der Waals surface area contributed by atoms with Crippen molar-refractivity contribution in [2.45, 2.75) is 11.8 Å². The van der Waals surface area contributed by atoms with Crippen molar-refractivity contribution in [2.75, 3.05) is 10.5 Å². The second-order valence-electron chi connectivity index (χ2n) is 4.37. The van der Waals surface area contributed by atoms with E-state index in [1.165, 1.54) is 18.2 Å². The third-order valence-corrected chi connectivity index (χ3v) is 4.92. The van der Waals surface area contributed by atoms with Gasteiger partial charge in [0.2, 0.25) is 0 Å². The van der Waals surface area contributed by atoms with Gasteiger partial charge in [-0.05, 0) is 42.8 Å². The molecule has 0 atom stereocenters. The second-order valence-corrected chi connectivity index (χ2v) is 6.84. The van der Waals surface area contributed by atoms with Gasteiger partial charge in [0.15, 0.2) is 0 Å². The first-order valence-corrected chi connectivity index (χ1v) is 7.98. The minimum absolute atomic E-state index is 0.0442. The summed E-state index contributed by atoms with van der Waals surface area (Å²) >= 11 is 11.7. The Bertz CT molecular complexity index is 787. The third-order valence-electron chi connectivity index (χ3n) is 2.74. The maximum absolute atomic E-state index is 13.0. The van der Waals surface area contributed by atoms with Gasteiger partial charge in [-0.1, -0.05) is 23.2 Å². The number of nitrogen functional groups attached to an aromatic ring is 1. The fraction of sp³-hybridized carbons (Fsp3) is 0.0769. The third kappa shape index (κ3) is 3.40. The first-order chi connectivity index (χ1) is 9.70. The van der Waals surface area contributed by atoms with E-state index in [1.807, 2.05) is 0 Å². The van der Waals surface area contributed by atoms with E-state index in [0.29, 0.717) is 10.6 Å². The lowest BCUT2D eigenvalue weighted by Gasteiger charge is -2.12. The normalized spacial score (nSPS) is 11.4. The van der Waals surface area contributed by atoms with Gasteiger partial charge in [-0.3, -0.25) is 4.72 Å². The molecule has 2 aromatic carbocycles. The minimum atomic E-state index is -3.91. The maximum Gasteiger partial charge on any atom is 0.262 e. The number of nitrogens with one attached hydrogen (secondary N) is 1. The summed E-state index contributed by atoms with van der Waals surface area (Å²) in [5.74, 6) is -0.561. The van der Waals surface area contributed by atoms with E-state index in [2.05, 4.69) is 4.72 Å². The van der Waals surface area contributed by atoms with Crippen molar-refractivity contribution < 1.29 is 12.8 Å². The Labute approximate surface area is 131 Å². The number of aryl methyl sites for hydroxylation is 1. The number of hydrogen-bond acceptors (Lipinski definition) is 3. The molecule has 0 aromatic heterocycles. The molecule has 0 amide bonds. The monoisotopic (exact) mass is 348 g/mol. The number of anilines is 2. The van der Waals surface area contributed by atoms with Crippen LogP contribution in [0.3, 0.4) is 0 Å². The van der Waals surface area contributed by atoms with E-state index in [9.17, 15) is 12.8 Å². The topological polar surface area (TPSA) is 72.2 Å². The molecule has 21 heavy (non-hydrogen) atoms. The molecule has 0 heterocycles. The predicted octanol–water partition coefficient (Wildman–Crippen LogP) is 3.82. The molecule has 0 saturated carbocycles. The summed E-state index contributed by atoms with van der Waals surface area (Å²) in [5, 5.41) is 0.256. The molecule has 0 aliphatic heterocycles. The standard InChI is InChI=1S/C13H11Cl2FN2O2S/c1-7-4-9(6-11(17)13(7)15)21(19,20)18-12-3-2-8(16)5-10(12)14/h2-6,18H,17H2,1H3. The highest BCUT2D eigenvalue weighted by Crippen LogP contribution is 2.29. The van der Waals surface area contributed by atoms with Crippen molar-refractivity contribution in [1.29, 1.82) is 0 Å². The number of rotatable bonds is 3. The molecule has 0 spiro atoms. The fourth-order valence-electron chi connectivity index (χ4n) is 1.69. The van der Waals surface area contributed by atoms with Crippen molar-refractivity contribution in [1.82, 2.24) is 0 Å². The zero-order valence-electron chi connectivity index (χ0n) is 10.8. The van der Waals surface area contributed by atoms with Crippen molar-refractivity contribution >= 4 is 44.6 Å². The molecular formula is C13H11Cl2FN2O2S. The Balaban J connectivity index is 2.43. The molecule has 0 fully saturated rings. The van der Waals surface area contributed by atoms with Crippen LogP contribution in [0.1, 0.15) is 5.56 Å². The van der Waals surface area contributed by atoms with E-state index >= 15 is 0 Å². The Hall–Kier alpha value is -1.50. The van der Waals surface area contributed by atoms with Crippen LogP contribution in [0.4, 0.5) is 15.8 Å². The van der Waals surface area contributed by atoms with E-state index in [-0.39, 0.29) is 21.3 Å². The molecule has 8 heteroatoms. The fourth-order valence-corrected chi connectivity index (χ4v) is 3.27. The summed E-state index contributed by atoms with van der Waals surface area (Å²) in [6.45, 7) is 1.64. The van der Waals surface area contributed by atoms with Gasteiger partial charge in [0.05, 0.1) is 26.3 Å². The highest BCUT2D eigenvalue weighted by atomic mass is 35.5. The SMILES string of the molecule is Cc1cc(S(=O)(=O)Nc2ccc(F)cc2Cl)cc(N)c1Cl. The molecule has 0 aliphatic rings. The first kappa shape index (κ1) is 15.9. The molecule has 0 aliphatic carbocycles. The first-order valence-electron chi connectivity index (χ1n) is 5.74. The van der Waals surface area contributed by atoms with Gasteiger partial charge >= 0.3 is 0 Å². The zero-order valence-corrected chi connectivity index (χ0v) is 13.2. The van der Waals surface area contributed by atoms with Crippen LogP contribution in [0.5, 0.6) is 0 Å². The van der Waals surface area contributed by atoms with Crippen LogP contribution < -0.4 is 10.5 Å². The molecule has 0 unspecified atom stereocenters. The number of sulfonamides is 1. The molecular weight excluding hydrogens is 338 g/mol. The van der Waals surface area contributed by atoms with Gasteiger partial charge in [0.1, 0.15) is 5.82 Å². The molecule has 0 saturated heterocycles. The molecule has 0 radical (unpaired) electrons. The molecule has 4 nitrogen and oxygen atoms in total. The van der Waals surface area contributed by atoms with Crippen LogP contribution in [0, 0.1) is 12.7 Å². The molecule has 2 aromatic rings. The molecule has 112 valence electrons. The average Bonchev–Trinajstić information content (AvgIpc) is 2.38. The Morgan fingerprint density at radius 2 is 1.86 bits per heavy atom. The second kappa shape index (κ2) is 5.71. The molecule has 3 N–H and O–H groups in total.